The van der Waals surface area contributed by atoms with Gasteiger partial charge in [0, 0.05) is 36.0 Å². The minimum absolute atomic E-state index is 0.406. The van der Waals surface area contributed by atoms with Gasteiger partial charge in [0.1, 0.15) is 5.82 Å². The molecule has 0 bridgehead atoms. The van der Waals surface area contributed by atoms with E-state index in [1.807, 2.05) is 18.2 Å². The van der Waals surface area contributed by atoms with Gasteiger partial charge in [-0.25, -0.2) is 4.98 Å². The summed E-state index contributed by atoms with van der Waals surface area (Å²) >= 11 is 0. The molecule has 0 unspecified atom stereocenters. The van der Waals surface area contributed by atoms with Crippen molar-refractivity contribution in [1.29, 1.82) is 0 Å². The Morgan fingerprint density at radius 1 is 0.935 bits per heavy atom. The number of hydrogen-bond acceptors (Lipinski definition) is 9. The van der Waals surface area contributed by atoms with Crippen LogP contribution in [0, 0.1) is 0 Å². The van der Waals surface area contributed by atoms with E-state index in [-0.39, 0.29) is 0 Å². The van der Waals surface area contributed by atoms with Crippen molar-refractivity contribution in [3.8, 4) is 17.2 Å². The van der Waals surface area contributed by atoms with E-state index in [2.05, 4.69) is 25.8 Å². The summed E-state index contributed by atoms with van der Waals surface area (Å²) in [4.78, 5) is 8.78. The zero-order valence-corrected chi connectivity index (χ0v) is 18.0. The number of rotatable bonds is 8. The molecule has 31 heavy (non-hydrogen) atoms. The molecule has 0 amide bonds. The molecule has 1 aliphatic carbocycles. The molecule has 0 spiro atoms. The van der Waals surface area contributed by atoms with Crippen LogP contribution in [0.25, 0.3) is 0 Å². The van der Waals surface area contributed by atoms with E-state index < -0.39 is 0 Å². The predicted molar refractivity (Wildman–Crippen MR) is 117 cm³/mol. The zero-order valence-electron chi connectivity index (χ0n) is 18.0. The van der Waals surface area contributed by atoms with Crippen molar-refractivity contribution in [2.24, 2.45) is 0 Å². The highest BCUT2D eigenvalue weighted by atomic mass is 16.5. The maximum atomic E-state index is 5.46. The highest BCUT2D eigenvalue weighted by Crippen LogP contribution is 2.40. The largest absolute Gasteiger partial charge is 0.493 e. The van der Waals surface area contributed by atoms with Crippen molar-refractivity contribution in [3.63, 3.8) is 0 Å². The van der Waals surface area contributed by atoms with Crippen LogP contribution in [-0.4, -0.2) is 36.5 Å². The SMILES string of the molecule is COc1cc(Nc2ccnc(Nc3cc(C4CCCCC4)no3)n2)cc(OC)c1OC. The molecule has 4 rings (SSSR count). The molecule has 1 fully saturated rings. The number of nitrogens with zero attached hydrogens (tertiary/aromatic N) is 3. The summed E-state index contributed by atoms with van der Waals surface area (Å²) in [6, 6.07) is 7.33. The summed E-state index contributed by atoms with van der Waals surface area (Å²) in [5.74, 6) is 3.64. The summed E-state index contributed by atoms with van der Waals surface area (Å²) in [7, 11) is 4.72. The van der Waals surface area contributed by atoms with Gasteiger partial charge in [-0.15, -0.1) is 0 Å². The Kier molecular flexibility index (Phi) is 6.40. The number of nitrogens with one attached hydrogen (secondary N) is 2. The van der Waals surface area contributed by atoms with Crippen molar-refractivity contribution >= 4 is 23.3 Å². The average Bonchev–Trinajstić information content (AvgIpc) is 3.27. The van der Waals surface area contributed by atoms with E-state index in [0.717, 1.165) is 24.2 Å². The Hall–Kier alpha value is -3.49. The maximum absolute atomic E-state index is 5.46. The van der Waals surface area contributed by atoms with Gasteiger partial charge in [-0.3, -0.25) is 5.32 Å². The first-order chi connectivity index (χ1) is 15.2. The lowest BCUT2D eigenvalue weighted by Gasteiger charge is -2.18. The third kappa shape index (κ3) is 4.82. The smallest absolute Gasteiger partial charge is 0.231 e. The standard InChI is InChI=1S/C22H27N5O4/c1-28-17-11-15(12-18(29-2)21(17)30-3)24-19-9-10-23-22(25-19)26-20-13-16(27-31-20)14-7-5-4-6-8-14/h9-14H,4-8H2,1-3H3,(H2,23,24,25,26). The van der Waals surface area contributed by atoms with Crippen LogP contribution in [-0.2, 0) is 0 Å². The molecule has 0 radical (unpaired) electrons. The van der Waals surface area contributed by atoms with Crippen LogP contribution in [0.2, 0.25) is 0 Å². The lowest BCUT2D eigenvalue weighted by molar-refractivity contribution is 0.324. The minimum atomic E-state index is 0.406. The molecule has 2 aromatic heterocycles. The number of benzene rings is 1. The second-order valence-corrected chi connectivity index (χ2v) is 7.38. The quantitative estimate of drug-likeness (QED) is 0.514. The van der Waals surface area contributed by atoms with Crippen LogP contribution >= 0.6 is 0 Å². The predicted octanol–water partition coefficient (Wildman–Crippen LogP) is 5.03. The second kappa shape index (κ2) is 9.55. The number of anilines is 4. The first-order valence-electron chi connectivity index (χ1n) is 10.3. The number of methoxy groups -OCH3 is 3. The fourth-order valence-electron chi connectivity index (χ4n) is 3.84. The van der Waals surface area contributed by atoms with E-state index in [0.29, 0.717) is 40.8 Å². The highest BCUT2D eigenvalue weighted by Gasteiger charge is 2.20. The molecule has 0 saturated heterocycles. The Balaban J connectivity index is 1.48. The van der Waals surface area contributed by atoms with E-state index in [1.165, 1.54) is 19.3 Å². The molecule has 9 nitrogen and oxygen atoms in total. The molecule has 2 heterocycles. The Morgan fingerprint density at radius 2 is 1.68 bits per heavy atom. The number of ether oxygens (including phenoxy) is 3. The van der Waals surface area contributed by atoms with Gasteiger partial charge in [0.15, 0.2) is 11.5 Å². The third-order valence-electron chi connectivity index (χ3n) is 5.38. The number of aromatic nitrogens is 3. The topological polar surface area (TPSA) is 104 Å². The Labute approximate surface area is 181 Å². The van der Waals surface area contributed by atoms with Crippen molar-refractivity contribution in [3.05, 3.63) is 36.2 Å². The Morgan fingerprint density at radius 3 is 2.35 bits per heavy atom. The van der Waals surface area contributed by atoms with Crippen LogP contribution in [0.3, 0.4) is 0 Å². The van der Waals surface area contributed by atoms with Gasteiger partial charge >= 0.3 is 0 Å². The minimum Gasteiger partial charge on any atom is -0.493 e. The van der Waals surface area contributed by atoms with E-state index in [4.69, 9.17) is 18.7 Å². The fraction of sp³-hybridized carbons (Fsp3) is 0.409. The maximum Gasteiger partial charge on any atom is 0.231 e. The summed E-state index contributed by atoms with van der Waals surface area (Å²) in [5.41, 5.74) is 1.73. The molecule has 0 atom stereocenters. The summed E-state index contributed by atoms with van der Waals surface area (Å²) in [6.07, 6.45) is 7.79. The van der Waals surface area contributed by atoms with Crippen LogP contribution in [0.1, 0.15) is 43.7 Å². The number of hydrogen-bond donors (Lipinski definition) is 2. The van der Waals surface area contributed by atoms with Crippen molar-refractivity contribution in [2.75, 3.05) is 32.0 Å². The van der Waals surface area contributed by atoms with E-state index >= 15 is 0 Å². The summed E-state index contributed by atoms with van der Waals surface area (Å²) < 4.78 is 21.6. The zero-order chi connectivity index (χ0) is 21.6. The highest BCUT2D eigenvalue weighted by molar-refractivity contribution is 5.67. The molecule has 3 aromatic rings. The van der Waals surface area contributed by atoms with Crippen molar-refractivity contribution < 1.29 is 18.7 Å². The monoisotopic (exact) mass is 425 g/mol. The van der Waals surface area contributed by atoms with Gasteiger partial charge in [0.25, 0.3) is 0 Å². The second-order valence-electron chi connectivity index (χ2n) is 7.38. The van der Waals surface area contributed by atoms with Crippen LogP contribution in [0.4, 0.5) is 23.3 Å². The molecule has 9 heteroatoms. The fourth-order valence-corrected chi connectivity index (χ4v) is 3.84. The van der Waals surface area contributed by atoms with Gasteiger partial charge in [-0.05, 0) is 18.9 Å². The normalized spacial score (nSPS) is 14.2. The summed E-state index contributed by atoms with van der Waals surface area (Å²) in [6.45, 7) is 0. The molecule has 1 aliphatic rings. The molecule has 2 N–H and O–H groups in total. The van der Waals surface area contributed by atoms with E-state index in [1.54, 1.807) is 33.6 Å². The van der Waals surface area contributed by atoms with E-state index in [9.17, 15) is 0 Å². The Bertz CT molecular complexity index is 992. The van der Waals surface area contributed by atoms with Gasteiger partial charge in [-0.1, -0.05) is 24.4 Å². The molecule has 1 saturated carbocycles. The summed E-state index contributed by atoms with van der Waals surface area (Å²) in [5, 5.41) is 10.6. The average molecular weight is 425 g/mol. The lowest BCUT2D eigenvalue weighted by Crippen LogP contribution is -2.04. The first-order valence-corrected chi connectivity index (χ1v) is 10.3. The van der Waals surface area contributed by atoms with Gasteiger partial charge in [0.05, 0.1) is 27.0 Å². The molecular weight excluding hydrogens is 398 g/mol. The van der Waals surface area contributed by atoms with Crippen molar-refractivity contribution in [2.45, 2.75) is 38.0 Å². The molecular formula is C22H27N5O4. The molecule has 0 aliphatic heterocycles. The first kappa shape index (κ1) is 20.8. The van der Waals surface area contributed by atoms with Gasteiger partial charge in [-0.2, -0.15) is 4.98 Å². The molecule has 1 aromatic carbocycles. The van der Waals surface area contributed by atoms with Gasteiger partial charge < -0.3 is 24.1 Å². The van der Waals surface area contributed by atoms with Crippen LogP contribution < -0.4 is 24.8 Å². The lowest BCUT2D eigenvalue weighted by atomic mass is 9.87. The third-order valence-corrected chi connectivity index (χ3v) is 5.38. The van der Waals surface area contributed by atoms with Crippen LogP contribution in [0.5, 0.6) is 17.2 Å². The van der Waals surface area contributed by atoms with Crippen LogP contribution in [0.15, 0.2) is 35.0 Å². The molecule has 164 valence electrons. The van der Waals surface area contributed by atoms with Gasteiger partial charge in [0.2, 0.25) is 17.6 Å². The van der Waals surface area contributed by atoms with Crippen molar-refractivity contribution in [1.82, 2.24) is 15.1 Å².